The van der Waals surface area contributed by atoms with Crippen LogP contribution in [-0.4, -0.2) is 24.8 Å². The molecule has 3 heteroatoms. The molecule has 1 aromatic rings. The number of hydrogen-bond acceptors (Lipinski definition) is 2. The Labute approximate surface area is 83.7 Å². The lowest BCUT2D eigenvalue weighted by Crippen LogP contribution is -2.25. The minimum absolute atomic E-state index is 0.167. The second-order valence-electron chi connectivity index (χ2n) is 2.78. The molecule has 13 heavy (non-hydrogen) atoms. The van der Waals surface area contributed by atoms with Crippen molar-refractivity contribution < 1.29 is 5.11 Å². The van der Waals surface area contributed by atoms with Crippen LogP contribution < -0.4 is 4.90 Å². The summed E-state index contributed by atoms with van der Waals surface area (Å²) in [5, 5.41) is 9.55. The van der Waals surface area contributed by atoms with Gasteiger partial charge in [-0.1, -0.05) is 17.7 Å². The van der Waals surface area contributed by atoms with Crippen LogP contribution in [0, 0.1) is 0 Å². The third kappa shape index (κ3) is 2.90. The van der Waals surface area contributed by atoms with E-state index < -0.39 is 0 Å². The summed E-state index contributed by atoms with van der Waals surface area (Å²) in [5.74, 6) is 0. The number of benzene rings is 1. The van der Waals surface area contributed by atoms with E-state index in [1.165, 1.54) is 0 Å². The summed E-state index contributed by atoms with van der Waals surface area (Å²) < 4.78 is 0. The molecule has 0 aliphatic carbocycles. The van der Waals surface area contributed by atoms with Crippen molar-refractivity contribution in [1.29, 1.82) is 0 Å². The van der Waals surface area contributed by atoms with E-state index >= 15 is 0 Å². The molecule has 0 radical (unpaired) electrons. The summed E-state index contributed by atoms with van der Waals surface area (Å²) in [5.41, 5.74) is 1.06. The molecule has 0 saturated heterocycles. The molecule has 0 spiro atoms. The van der Waals surface area contributed by atoms with Crippen molar-refractivity contribution in [2.75, 3.05) is 24.6 Å². The largest absolute Gasteiger partial charge is 0.395 e. The molecule has 0 saturated carbocycles. The summed E-state index contributed by atoms with van der Waals surface area (Å²) >= 11 is 5.86. The Kier molecular flexibility index (Phi) is 4.06. The number of likely N-dealkylation sites (N-methyl/N-ethyl adjacent to an activating group) is 1. The number of aliphatic hydroxyl groups excluding tert-OH is 1. The van der Waals surface area contributed by atoms with Crippen molar-refractivity contribution in [2.24, 2.45) is 0 Å². The Bertz CT molecular complexity index is 265. The highest BCUT2D eigenvalue weighted by molar-refractivity contribution is 6.30. The van der Waals surface area contributed by atoms with Crippen molar-refractivity contribution in [2.45, 2.75) is 6.92 Å². The second-order valence-corrected chi connectivity index (χ2v) is 3.22. The third-order valence-electron chi connectivity index (χ3n) is 1.92. The van der Waals surface area contributed by atoms with E-state index in [4.69, 9.17) is 16.7 Å². The molecule has 0 aliphatic heterocycles. The SMILES string of the molecule is CCN(CCO)c1cccc(Cl)c1. The van der Waals surface area contributed by atoms with Crippen LogP contribution >= 0.6 is 11.6 Å². The van der Waals surface area contributed by atoms with Crippen LogP contribution in [0.25, 0.3) is 0 Å². The minimum Gasteiger partial charge on any atom is -0.395 e. The van der Waals surface area contributed by atoms with Crippen molar-refractivity contribution in [3.63, 3.8) is 0 Å². The van der Waals surface area contributed by atoms with Gasteiger partial charge in [0.1, 0.15) is 0 Å². The van der Waals surface area contributed by atoms with E-state index in [1.54, 1.807) is 0 Å². The van der Waals surface area contributed by atoms with E-state index in [9.17, 15) is 0 Å². The number of aliphatic hydroxyl groups is 1. The molecule has 0 bridgehead atoms. The summed E-state index contributed by atoms with van der Waals surface area (Å²) in [7, 11) is 0. The molecule has 0 aliphatic rings. The fourth-order valence-electron chi connectivity index (χ4n) is 1.26. The van der Waals surface area contributed by atoms with Crippen LogP contribution in [0.5, 0.6) is 0 Å². The van der Waals surface area contributed by atoms with Crippen molar-refractivity contribution in [1.82, 2.24) is 0 Å². The zero-order valence-corrected chi connectivity index (χ0v) is 8.46. The Morgan fingerprint density at radius 3 is 2.77 bits per heavy atom. The van der Waals surface area contributed by atoms with Crippen molar-refractivity contribution in [3.05, 3.63) is 29.3 Å². The maximum absolute atomic E-state index is 8.82. The normalized spacial score (nSPS) is 10.1. The fraction of sp³-hybridized carbons (Fsp3) is 0.400. The highest BCUT2D eigenvalue weighted by Crippen LogP contribution is 2.18. The molecule has 0 fully saturated rings. The highest BCUT2D eigenvalue weighted by atomic mass is 35.5. The number of hydrogen-bond donors (Lipinski definition) is 1. The third-order valence-corrected chi connectivity index (χ3v) is 2.16. The maximum Gasteiger partial charge on any atom is 0.0606 e. The van der Waals surface area contributed by atoms with E-state index in [0.717, 1.165) is 17.3 Å². The van der Waals surface area contributed by atoms with Crippen LogP contribution in [0.4, 0.5) is 5.69 Å². The lowest BCUT2D eigenvalue weighted by Gasteiger charge is -2.21. The average molecular weight is 200 g/mol. The number of halogens is 1. The molecule has 1 aromatic carbocycles. The van der Waals surface area contributed by atoms with E-state index in [-0.39, 0.29) is 6.61 Å². The first-order chi connectivity index (χ1) is 6.27. The van der Waals surface area contributed by atoms with E-state index in [1.807, 2.05) is 24.3 Å². The Hall–Kier alpha value is -0.730. The van der Waals surface area contributed by atoms with Crippen LogP contribution in [0.1, 0.15) is 6.92 Å². The van der Waals surface area contributed by atoms with Gasteiger partial charge < -0.3 is 10.0 Å². The number of nitrogens with zero attached hydrogens (tertiary/aromatic N) is 1. The predicted molar refractivity (Wildman–Crippen MR) is 56.4 cm³/mol. The molecule has 0 amide bonds. The van der Waals surface area contributed by atoms with Crippen LogP contribution in [-0.2, 0) is 0 Å². The van der Waals surface area contributed by atoms with Gasteiger partial charge in [0, 0.05) is 23.8 Å². The molecule has 0 aromatic heterocycles. The van der Waals surface area contributed by atoms with Crippen molar-refractivity contribution in [3.8, 4) is 0 Å². The second kappa shape index (κ2) is 5.10. The zero-order valence-electron chi connectivity index (χ0n) is 7.70. The number of rotatable bonds is 4. The van der Waals surface area contributed by atoms with E-state index in [0.29, 0.717) is 6.54 Å². The smallest absolute Gasteiger partial charge is 0.0606 e. The molecule has 2 nitrogen and oxygen atoms in total. The van der Waals surface area contributed by atoms with Gasteiger partial charge in [-0.15, -0.1) is 0 Å². The molecule has 0 unspecified atom stereocenters. The molecule has 72 valence electrons. The predicted octanol–water partition coefficient (Wildman–Crippen LogP) is 2.16. The molecule has 1 N–H and O–H groups in total. The van der Waals surface area contributed by atoms with Gasteiger partial charge >= 0.3 is 0 Å². The topological polar surface area (TPSA) is 23.5 Å². The van der Waals surface area contributed by atoms with Crippen molar-refractivity contribution >= 4 is 17.3 Å². The Morgan fingerprint density at radius 2 is 2.23 bits per heavy atom. The number of anilines is 1. The first-order valence-corrected chi connectivity index (χ1v) is 4.77. The van der Waals surface area contributed by atoms with Crippen LogP contribution in [0.2, 0.25) is 5.02 Å². The lowest BCUT2D eigenvalue weighted by molar-refractivity contribution is 0.302. The van der Waals surface area contributed by atoms with Gasteiger partial charge in [-0.2, -0.15) is 0 Å². The summed E-state index contributed by atoms with van der Waals surface area (Å²) in [4.78, 5) is 2.08. The maximum atomic E-state index is 8.82. The Morgan fingerprint density at radius 1 is 1.46 bits per heavy atom. The first kappa shape index (κ1) is 10.4. The molecule has 0 atom stereocenters. The van der Waals surface area contributed by atoms with Crippen LogP contribution in [0.3, 0.4) is 0 Å². The van der Waals surface area contributed by atoms with E-state index in [2.05, 4.69) is 11.8 Å². The van der Waals surface area contributed by atoms with Gasteiger partial charge in [0.15, 0.2) is 0 Å². The lowest BCUT2D eigenvalue weighted by atomic mass is 10.3. The summed E-state index contributed by atoms with van der Waals surface area (Å²) in [6.07, 6.45) is 0. The van der Waals surface area contributed by atoms with Gasteiger partial charge in [-0.05, 0) is 25.1 Å². The van der Waals surface area contributed by atoms with Gasteiger partial charge in [-0.3, -0.25) is 0 Å². The van der Waals surface area contributed by atoms with Gasteiger partial charge in [0.25, 0.3) is 0 Å². The fourth-order valence-corrected chi connectivity index (χ4v) is 1.45. The summed E-state index contributed by atoms with van der Waals surface area (Å²) in [6.45, 7) is 3.74. The Balaban J connectivity index is 2.78. The quantitative estimate of drug-likeness (QED) is 0.804. The summed E-state index contributed by atoms with van der Waals surface area (Å²) in [6, 6.07) is 7.65. The molecule has 1 rings (SSSR count). The highest BCUT2D eigenvalue weighted by Gasteiger charge is 2.02. The van der Waals surface area contributed by atoms with Gasteiger partial charge in [0.05, 0.1) is 6.61 Å². The zero-order chi connectivity index (χ0) is 9.68. The molecule has 0 heterocycles. The molecular formula is C10H14ClNO. The first-order valence-electron chi connectivity index (χ1n) is 4.39. The van der Waals surface area contributed by atoms with Crippen LogP contribution in [0.15, 0.2) is 24.3 Å². The molecular weight excluding hydrogens is 186 g/mol. The minimum atomic E-state index is 0.167. The van der Waals surface area contributed by atoms with Gasteiger partial charge in [0.2, 0.25) is 0 Å². The van der Waals surface area contributed by atoms with Gasteiger partial charge in [-0.25, -0.2) is 0 Å². The monoisotopic (exact) mass is 199 g/mol. The average Bonchev–Trinajstić information content (AvgIpc) is 2.14. The standard InChI is InChI=1S/C10H14ClNO/c1-2-12(6-7-13)10-5-3-4-9(11)8-10/h3-5,8,13H,2,6-7H2,1H3.